The first-order valence-corrected chi connectivity index (χ1v) is 19.6. The molecule has 1 aliphatic rings. The van der Waals surface area contributed by atoms with Gasteiger partial charge in [-0.15, -0.1) is 0 Å². The van der Waals surface area contributed by atoms with E-state index in [-0.39, 0.29) is 10.8 Å². The number of rotatable bonds is 8. The van der Waals surface area contributed by atoms with E-state index in [9.17, 15) is 0 Å². The molecule has 270 valence electrons. The minimum absolute atomic E-state index is 0.0474. The third kappa shape index (κ3) is 5.66. The van der Waals surface area contributed by atoms with Gasteiger partial charge < -0.3 is 0 Å². The first-order chi connectivity index (χ1) is 26.0. The van der Waals surface area contributed by atoms with Crippen LogP contribution in [0.1, 0.15) is 94.0 Å². The van der Waals surface area contributed by atoms with E-state index in [4.69, 9.17) is 4.98 Å². The van der Waals surface area contributed by atoms with Gasteiger partial charge in [0.1, 0.15) is 5.82 Å². The zero-order valence-electron chi connectivity index (χ0n) is 33.1. The van der Waals surface area contributed by atoms with Gasteiger partial charge in [-0.05, 0) is 98.5 Å². The molecule has 1 heterocycles. The second kappa shape index (κ2) is 13.4. The zero-order valence-corrected chi connectivity index (χ0v) is 33.1. The minimum atomic E-state index is -0.404. The number of aromatic nitrogens is 2. The molecule has 2 heteroatoms. The molecule has 0 amide bonds. The fraction of sp³-hybridized carbons (Fsp3) is 0.250. The lowest BCUT2D eigenvalue weighted by atomic mass is 9.67. The van der Waals surface area contributed by atoms with E-state index in [2.05, 4.69) is 212 Å². The highest BCUT2D eigenvalue weighted by Crippen LogP contribution is 2.56. The average molecular weight is 705 g/mol. The van der Waals surface area contributed by atoms with E-state index in [0.29, 0.717) is 5.92 Å². The van der Waals surface area contributed by atoms with Crippen molar-refractivity contribution in [3.63, 3.8) is 0 Å². The molecule has 2 nitrogen and oxygen atoms in total. The van der Waals surface area contributed by atoms with Crippen LogP contribution in [-0.2, 0) is 16.2 Å². The molecule has 0 radical (unpaired) electrons. The Morgan fingerprint density at radius 2 is 1.22 bits per heavy atom. The predicted molar refractivity (Wildman–Crippen MR) is 228 cm³/mol. The molecule has 0 spiro atoms. The van der Waals surface area contributed by atoms with Crippen LogP contribution in [0.4, 0.5) is 0 Å². The molecule has 0 fully saturated rings. The van der Waals surface area contributed by atoms with Crippen LogP contribution in [0.3, 0.4) is 0 Å². The van der Waals surface area contributed by atoms with Gasteiger partial charge in [0, 0.05) is 22.9 Å². The van der Waals surface area contributed by atoms with Gasteiger partial charge in [0.15, 0.2) is 0 Å². The molecule has 1 atom stereocenters. The predicted octanol–water partition coefficient (Wildman–Crippen LogP) is 13.5. The third-order valence-corrected chi connectivity index (χ3v) is 12.5. The van der Waals surface area contributed by atoms with Gasteiger partial charge in [0.2, 0.25) is 0 Å². The zero-order chi connectivity index (χ0) is 37.8. The summed E-state index contributed by atoms with van der Waals surface area (Å²) >= 11 is 0. The smallest absolute Gasteiger partial charge is 0.144 e. The van der Waals surface area contributed by atoms with Gasteiger partial charge >= 0.3 is 0 Å². The highest BCUT2D eigenvalue weighted by Gasteiger charge is 2.46. The SMILES string of the molecule is CCC(C)(c1cn(-c2ccc(C(C)(C)C)cc2C)c(-c2cccc(-c3ccc4c(c3)-c3ccccc3C4(c3ccccc3)c3ccccc3)c2)n1)C(C)C. The van der Waals surface area contributed by atoms with E-state index in [1.807, 2.05) is 0 Å². The van der Waals surface area contributed by atoms with E-state index in [0.717, 1.165) is 23.5 Å². The van der Waals surface area contributed by atoms with Crippen molar-refractivity contribution in [2.75, 3.05) is 0 Å². The van der Waals surface area contributed by atoms with Crippen molar-refractivity contribution in [3.8, 4) is 39.3 Å². The number of nitrogens with zero attached hydrogens (tertiary/aromatic N) is 2. The molecule has 1 aliphatic carbocycles. The van der Waals surface area contributed by atoms with Gasteiger partial charge in [-0.1, -0.05) is 176 Å². The Balaban J connectivity index is 1.29. The standard InChI is InChI=1S/C52H52N2/c1-9-51(8,35(2)3)48-34-54(47-30-28-42(31-36(47)4)50(5,6)7)49(53-48)39-20-18-19-37(32-39)38-27-29-46-44(33-38)43-25-16-17-26-45(43)52(46,40-21-12-10-13-22-40)41-23-14-11-15-24-41/h10-35H,9H2,1-8H3. The maximum Gasteiger partial charge on any atom is 0.144 e. The van der Waals surface area contributed by atoms with Gasteiger partial charge in [-0.3, -0.25) is 4.57 Å². The third-order valence-electron chi connectivity index (χ3n) is 12.5. The molecule has 1 aromatic heterocycles. The van der Waals surface area contributed by atoms with Gasteiger partial charge in [0.05, 0.1) is 11.1 Å². The summed E-state index contributed by atoms with van der Waals surface area (Å²) in [5, 5.41) is 0. The van der Waals surface area contributed by atoms with E-state index >= 15 is 0 Å². The Bertz CT molecular complexity index is 2420. The largest absolute Gasteiger partial charge is 0.299 e. The Morgan fingerprint density at radius 3 is 1.85 bits per heavy atom. The Kier molecular flexibility index (Phi) is 8.84. The molecule has 0 N–H and O–H groups in total. The topological polar surface area (TPSA) is 17.8 Å². The molecule has 0 aliphatic heterocycles. The van der Waals surface area contributed by atoms with Crippen molar-refractivity contribution >= 4 is 0 Å². The molecule has 54 heavy (non-hydrogen) atoms. The number of hydrogen-bond acceptors (Lipinski definition) is 1. The summed E-state index contributed by atoms with van der Waals surface area (Å²) in [6.07, 6.45) is 3.33. The fourth-order valence-electron chi connectivity index (χ4n) is 8.79. The summed E-state index contributed by atoms with van der Waals surface area (Å²) in [7, 11) is 0. The van der Waals surface area contributed by atoms with Crippen LogP contribution in [0.2, 0.25) is 0 Å². The van der Waals surface area contributed by atoms with E-state index in [1.54, 1.807) is 0 Å². The maximum atomic E-state index is 5.50. The van der Waals surface area contributed by atoms with Crippen LogP contribution in [0.5, 0.6) is 0 Å². The number of benzene rings is 6. The highest BCUT2D eigenvalue weighted by atomic mass is 15.1. The van der Waals surface area contributed by atoms with Crippen molar-refractivity contribution in [1.29, 1.82) is 0 Å². The molecule has 0 bridgehead atoms. The van der Waals surface area contributed by atoms with Crippen molar-refractivity contribution in [3.05, 3.63) is 191 Å². The number of aryl methyl sites for hydroxylation is 1. The van der Waals surface area contributed by atoms with Crippen LogP contribution < -0.4 is 0 Å². The first-order valence-electron chi connectivity index (χ1n) is 19.6. The lowest BCUT2D eigenvalue weighted by Gasteiger charge is -2.33. The maximum absolute atomic E-state index is 5.50. The molecule has 7 aromatic rings. The lowest BCUT2D eigenvalue weighted by Crippen LogP contribution is -2.28. The highest BCUT2D eigenvalue weighted by molar-refractivity contribution is 5.89. The summed E-state index contributed by atoms with van der Waals surface area (Å²) in [5.74, 6) is 1.43. The Hall–Kier alpha value is -5.47. The van der Waals surface area contributed by atoms with Gasteiger partial charge in [-0.25, -0.2) is 4.98 Å². The summed E-state index contributed by atoms with van der Waals surface area (Å²) < 4.78 is 2.35. The van der Waals surface area contributed by atoms with Crippen LogP contribution in [-0.4, -0.2) is 9.55 Å². The molecule has 1 unspecified atom stereocenters. The molecular formula is C52H52N2. The van der Waals surface area contributed by atoms with Crippen molar-refractivity contribution in [2.24, 2.45) is 5.92 Å². The van der Waals surface area contributed by atoms with Gasteiger partial charge in [-0.2, -0.15) is 0 Å². The Labute approximate surface area is 322 Å². The molecule has 6 aromatic carbocycles. The second-order valence-electron chi connectivity index (χ2n) is 16.9. The quantitative estimate of drug-likeness (QED) is 0.154. The van der Waals surface area contributed by atoms with Crippen molar-refractivity contribution in [1.82, 2.24) is 9.55 Å². The van der Waals surface area contributed by atoms with Gasteiger partial charge in [0.25, 0.3) is 0 Å². The number of hydrogen-bond donors (Lipinski definition) is 0. The molecule has 0 saturated heterocycles. The summed E-state index contributed by atoms with van der Waals surface area (Å²) in [6, 6.07) is 54.1. The molecule has 8 rings (SSSR count). The van der Waals surface area contributed by atoms with Crippen LogP contribution in [0, 0.1) is 12.8 Å². The Morgan fingerprint density at radius 1 is 0.611 bits per heavy atom. The average Bonchev–Trinajstić information content (AvgIpc) is 3.76. The molecular weight excluding hydrogens is 653 g/mol. The number of fused-ring (bicyclic) bond motifs is 3. The van der Waals surface area contributed by atoms with Crippen molar-refractivity contribution in [2.45, 2.75) is 78.1 Å². The second-order valence-corrected chi connectivity index (χ2v) is 16.9. The van der Waals surface area contributed by atoms with Crippen LogP contribution in [0.15, 0.2) is 152 Å². The van der Waals surface area contributed by atoms with Crippen molar-refractivity contribution < 1.29 is 0 Å². The molecule has 0 saturated carbocycles. The minimum Gasteiger partial charge on any atom is -0.299 e. The fourth-order valence-corrected chi connectivity index (χ4v) is 8.79. The normalized spacial score (nSPS) is 14.5. The monoisotopic (exact) mass is 704 g/mol. The number of imidazole rings is 1. The summed E-state index contributed by atoms with van der Waals surface area (Å²) in [4.78, 5) is 5.50. The lowest BCUT2D eigenvalue weighted by molar-refractivity contribution is 0.318. The summed E-state index contributed by atoms with van der Waals surface area (Å²) in [6.45, 7) is 18.4. The summed E-state index contributed by atoms with van der Waals surface area (Å²) in [5.41, 5.74) is 15.8. The van der Waals surface area contributed by atoms with Crippen LogP contribution in [0.25, 0.3) is 39.3 Å². The van der Waals surface area contributed by atoms with E-state index < -0.39 is 5.41 Å². The van der Waals surface area contributed by atoms with E-state index in [1.165, 1.54) is 61.3 Å². The first kappa shape index (κ1) is 35.6. The van der Waals surface area contributed by atoms with Crippen LogP contribution >= 0.6 is 0 Å².